The molecule has 0 saturated carbocycles. The van der Waals surface area contributed by atoms with Crippen molar-refractivity contribution in [2.75, 3.05) is 19.6 Å². The number of ether oxygens (including phenoxy) is 3. The molecule has 1 aromatic heterocycles. The van der Waals surface area contributed by atoms with Gasteiger partial charge in [-0.25, -0.2) is 4.98 Å². The minimum atomic E-state index is -3.09. The number of hydrogen-bond acceptors (Lipinski definition) is 10. The maximum absolute atomic E-state index is 13.6. The third-order valence-corrected chi connectivity index (χ3v) is 11.3. The average Bonchev–Trinajstić information content (AvgIpc) is 3.90. The van der Waals surface area contributed by atoms with Gasteiger partial charge < -0.3 is 34.4 Å². The molecule has 326 valence electrons. The van der Waals surface area contributed by atoms with Crippen molar-refractivity contribution in [3.8, 4) is 45.9 Å². The van der Waals surface area contributed by atoms with Gasteiger partial charge in [0.25, 0.3) is 0 Å². The number of amides is 1. The van der Waals surface area contributed by atoms with E-state index in [0.29, 0.717) is 83.6 Å². The highest BCUT2D eigenvalue weighted by atomic mass is 35.5. The normalized spacial score (nSPS) is 13.9. The molecule has 12 nitrogen and oxygen atoms in total. The largest absolute Gasteiger partial charge is 0.488 e. The maximum Gasteiger partial charge on any atom is 0.387 e. The monoisotopic (exact) mass is 877 g/mol. The summed E-state index contributed by atoms with van der Waals surface area (Å²) in [6, 6.07) is 27.0. The molecule has 1 saturated heterocycles. The van der Waals surface area contributed by atoms with Gasteiger partial charge in [-0.2, -0.15) is 14.0 Å². The molecule has 1 amide bonds. The lowest BCUT2D eigenvalue weighted by Gasteiger charge is -2.22. The van der Waals surface area contributed by atoms with Crippen molar-refractivity contribution in [1.82, 2.24) is 20.5 Å². The number of benzene rings is 5. The number of nitrogens with one attached hydrogen (secondary N) is 2. The number of aliphatic carboxylic acids is 1. The number of carbonyl (C=O) groups excluding carboxylic acids is 1. The Hall–Kier alpha value is -6.53. The van der Waals surface area contributed by atoms with Gasteiger partial charge in [-0.3, -0.25) is 14.5 Å². The Labute approximate surface area is 368 Å². The van der Waals surface area contributed by atoms with Crippen LogP contribution in [-0.4, -0.2) is 59.2 Å². The second kappa shape index (κ2) is 20.1. The highest BCUT2D eigenvalue weighted by molar-refractivity contribution is 6.32. The zero-order chi connectivity index (χ0) is 44.6. The minimum Gasteiger partial charge on any atom is -0.488 e. The predicted molar refractivity (Wildman–Crippen MR) is 234 cm³/mol. The van der Waals surface area contributed by atoms with Gasteiger partial charge in [-0.05, 0) is 96.9 Å². The molecule has 3 N–H and O–H groups in total. The fraction of sp³-hybridized carbons (Fsp3) is 0.292. The van der Waals surface area contributed by atoms with Crippen molar-refractivity contribution in [2.24, 2.45) is 0 Å². The Morgan fingerprint density at radius 1 is 0.921 bits per heavy atom. The van der Waals surface area contributed by atoms with Gasteiger partial charge in [0.05, 0.1) is 16.7 Å². The summed E-state index contributed by atoms with van der Waals surface area (Å²) in [5.74, 6) is 0.111. The van der Waals surface area contributed by atoms with Gasteiger partial charge in [0.2, 0.25) is 11.8 Å². The third kappa shape index (κ3) is 10.7. The lowest BCUT2D eigenvalue weighted by Crippen LogP contribution is -2.35. The van der Waals surface area contributed by atoms with Gasteiger partial charge >= 0.3 is 12.6 Å². The number of oxazole rings is 1. The second-order valence-electron chi connectivity index (χ2n) is 15.3. The molecule has 2 heterocycles. The van der Waals surface area contributed by atoms with Crippen molar-refractivity contribution in [2.45, 2.75) is 72.6 Å². The van der Waals surface area contributed by atoms with Gasteiger partial charge in [0.15, 0.2) is 5.58 Å². The summed E-state index contributed by atoms with van der Waals surface area (Å²) < 4.78 is 50.8. The molecule has 63 heavy (non-hydrogen) atoms. The van der Waals surface area contributed by atoms with Crippen molar-refractivity contribution in [3.05, 3.63) is 129 Å². The number of alkyl halides is 2. The molecule has 15 heteroatoms. The van der Waals surface area contributed by atoms with Crippen molar-refractivity contribution in [3.63, 3.8) is 0 Å². The number of likely N-dealkylation sites (tertiary alicyclic amines) is 1. The Balaban J connectivity index is 1.12. The first kappa shape index (κ1) is 44.5. The van der Waals surface area contributed by atoms with Crippen LogP contribution in [0.3, 0.4) is 0 Å². The van der Waals surface area contributed by atoms with E-state index in [-0.39, 0.29) is 37.0 Å². The summed E-state index contributed by atoms with van der Waals surface area (Å²) >= 11 is 6.81. The average molecular weight is 878 g/mol. The fourth-order valence-electron chi connectivity index (χ4n) is 7.80. The summed E-state index contributed by atoms with van der Waals surface area (Å²) in [6.45, 7) is 4.80. The molecule has 0 unspecified atom stereocenters. The molecule has 6 aromatic rings. The van der Waals surface area contributed by atoms with Gasteiger partial charge in [0, 0.05) is 61.9 Å². The molecule has 0 radical (unpaired) electrons. The molecule has 7 rings (SSSR count). The molecular formula is C48H46ClF2N5O7. The van der Waals surface area contributed by atoms with E-state index < -0.39 is 18.6 Å². The number of carboxylic acid groups (broad SMARTS) is 1. The molecule has 5 aromatic carbocycles. The fourth-order valence-corrected chi connectivity index (χ4v) is 8.04. The van der Waals surface area contributed by atoms with Crippen LogP contribution in [0.1, 0.15) is 58.7 Å². The number of fused-ring (bicyclic) bond motifs is 1. The highest BCUT2D eigenvalue weighted by Gasteiger charge is 2.31. The Morgan fingerprint density at radius 3 is 2.43 bits per heavy atom. The number of rotatable bonds is 18. The summed E-state index contributed by atoms with van der Waals surface area (Å²) in [5.41, 5.74) is 8.57. The number of hydrogen-bond donors (Lipinski definition) is 3. The predicted octanol–water partition coefficient (Wildman–Crippen LogP) is 9.34. The summed E-state index contributed by atoms with van der Waals surface area (Å²) in [7, 11) is 0. The van der Waals surface area contributed by atoms with Crippen LogP contribution in [0, 0.1) is 25.2 Å². The van der Waals surface area contributed by atoms with E-state index in [4.69, 9.17) is 35.2 Å². The number of aromatic nitrogens is 1. The zero-order valence-electron chi connectivity index (χ0n) is 35.0. The number of halogens is 3. The van der Waals surface area contributed by atoms with E-state index in [2.05, 4.69) is 16.7 Å². The number of nitrogens with zero attached hydrogens (tertiary/aromatic N) is 3. The van der Waals surface area contributed by atoms with E-state index in [1.807, 2.05) is 56.3 Å². The number of carbonyl (C=O) groups is 2. The van der Waals surface area contributed by atoms with E-state index >= 15 is 0 Å². The quantitative estimate of drug-likeness (QED) is 0.0707. The molecule has 0 spiro atoms. The van der Waals surface area contributed by atoms with Crippen LogP contribution >= 0.6 is 11.6 Å². The van der Waals surface area contributed by atoms with Crippen LogP contribution in [0.5, 0.6) is 17.2 Å². The SMILES string of the molecule is CC(=O)NCCNCc1cc(Cl)c(OCc2cccc(-c3cccc(-c4nc5cc(CN6CCC[C@H]6C(=O)O)c(OC(F)F)cc5o4)c3C)c2C)cc1OCc1cccc(C#N)c1. The lowest BCUT2D eigenvalue weighted by atomic mass is 9.91. The first-order chi connectivity index (χ1) is 30.4. The molecule has 0 bridgehead atoms. The minimum absolute atomic E-state index is 0.0908. The van der Waals surface area contributed by atoms with E-state index in [1.165, 1.54) is 13.0 Å². The van der Waals surface area contributed by atoms with E-state index in [9.17, 15) is 28.7 Å². The van der Waals surface area contributed by atoms with Gasteiger partial charge in [-0.15, -0.1) is 0 Å². The van der Waals surface area contributed by atoms with Crippen LogP contribution in [0.2, 0.25) is 5.02 Å². The van der Waals surface area contributed by atoms with Crippen molar-refractivity contribution in [1.29, 1.82) is 5.26 Å². The highest BCUT2D eigenvalue weighted by Crippen LogP contribution is 2.39. The standard InChI is InChI=1S/C48H46ClF2N5O7/c1-28-33(27-61-44-21-42(60-26-32-9-4-8-31(18-32)23-52)34(19-39(44)49)24-53-15-16-54-30(3)57)10-5-11-36(28)37-12-6-13-38(29(37)2)46-55-40-20-35(25-56-17-7-14-41(56)47(58)59)43(63-48(50)51)22-45(40)62-46/h4-6,8-13,18-22,41,48,53H,7,14-17,24-27H2,1-3H3,(H,54,57)(H,58,59)/t41-/m0/s1. The molecule has 1 aliphatic rings. The molecule has 1 fully saturated rings. The van der Waals surface area contributed by atoms with Gasteiger partial charge in [0.1, 0.15) is 42.0 Å². The number of nitriles is 1. The topological polar surface area (TPSA) is 159 Å². The molecule has 0 aliphatic carbocycles. The first-order valence-corrected chi connectivity index (χ1v) is 20.8. The summed E-state index contributed by atoms with van der Waals surface area (Å²) in [4.78, 5) is 29.7. The molecule has 1 atom stereocenters. The van der Waals surface area contributed by atoms with E-state index in [1.54, 1.807) is 41.3 Å². The van der Waals surface area contributed by atoms with Crippen LogP contribution in [0.4, 0.5) is 8.78 Å². The lowest BCUT2D eigenvalue weighted by molar-refractivity contribution is -0.142. The Kier molecular flexibility index (Phi) is 14.2. The van der Waals surface area contributed by atoms with E-state index in [0.717, 1.165) is 38.9 Å². The van der Waals surface area contributed by atoms with Crippen molar-refractivity contribution >= 4 is 34.6 Å². The first-order valence-electron chi connectivity index (χ1n) is 20.4. The Bertz CT molecular complexity index is 2680. The Morgan fingerprint density at radius 2 is 1.67 bits per heavy atom. The van der Waals surface area contributed by atoms with Crippen LogP contribution in [-0.2, 0) is 35.9 Å². The molecular weight excluding hydrogens is 832 g/mol. The summed E-state index contributed by atoms with van der Waals surface area (Å²) in [5, 5.41) is 25.5. The van der Waals surface area contributed by atoms with Crippen LogP contribution in [0.15, 0.2) is 89.3 Å². The summed E-state index contributed by atoms with van der Waals surface area (Å²) in [6.07, 6.45) is 1.16. The maximum atomic E-state index is 13.6. The zero-order valence-corrected chi connectivity index (χ0v) is 35.7. The van der Waals surface area contributed by atoms with Gasteiger partial charge in [-0.1, -0.05) is 54.1 Å². The smallest absolute Gasteiger partial charge is 0.387 e. The number of carboxylic acids is 1. The molecule has 1 aliphatic heterocycles. The van der Waals surface area contributed by atoms with Crippen LogP contribution in [0.25, 0.3) is 33.7 Å². The van der Waals surface area contributed by atoms with Crippen LogP contribution < -0.4 is 24.8 Å². The third-order valence-electron chi connectivity index (χ3n) is 11.0. The van der Waals surface area contributed by atoms with Crippen molar-refractivity contribution < 1.29 is 42.1 Å². The second-order valence-corrected chi connectivity index (χ2v) is 15.7.